The molecular formula is C23H14N2S. The third kappa shape index (κ3) is 1.76. The molecule has 0 aliphatic heterocycles. The van der Waals surface area contributed by atoms with Crippen LogP contribution in [0.4, 0.5) is 0 Å². The van der Waals surface area contributed by atoms with Gasteiger partial charge in [0.15, 0.2) is 0 Å². The van der Waals surface area contributed by atoms with Gasteiger partial charge in [0.2, 0.25) is 0 Å². The summed E-state index contributed by atoms with van der Waals surface area (Å²) in [5.41, 5.74) is 3.27. The van der Waals surface area contributed by atoms with Gasteiger partial charge in [-0.15, -0.1) is 11.3 Å². The number of thiophene rings is 1. The lowest BCUT2D eigenvalue weighted by atomic mass is 9.91. The summed E-state index contributed by atoms with van der Waals surface area (Å²) in [7, 11) is 0. The third-order valence-corrected chi connectivity index (χ3v) is 6.39. The second kappa shape index (κ2) is 4.99. The maximum atomic E-state index is 4.64. The number of benzene rings is 4. The Kier molecular flexibility index (Phi) is 2.72. The number of hydrogen-bond donors (Lipinski definition) is 0. The van der Waals surface area contributed by atoms with Crippen molar-refractivity contribution in [2.75, 3.05) is 0 Å². The zero-order valence-corrected chi connectivity index (χ0v) is 15.0. The van der Waals surface area contributed by atoms with E-state index in [0.29, 0.717) is 0 Å². The van der Waals surface area contributed by atoms with Crippen LogP contribution in [0, 0.1) is 6.92 Å². The van der Waals surface area contributed by atoms with E-state index in [1.165, 1.54) is 47.6 Å². The average Bonchev–Trinajstić information content (AvgIpc) is 3.03. The fraction of sp³-hybridized carbons (Fsp3) is 0.0435. The largest absolute Gasteiger partial charge is 0.252 e. The SMILES string of the molecule is Cc1sc(-c2ccc3ccc4cccc5ccc2c3c45)c2nccnc12. The smallest absolute Gasteiger partial charge is 0.108 e. The van der Waals surface area contributed by atoms with E-state index < -0.39 is 0 Å². The van der Waals surface area contributed by atoms with Crippen LogP contribution in [-0.2, 0) is 0 Å². The number of aromatic nitrogens is 2. The van der Waals surface area contributed by atoms with E-state index in [0.717, 1.165) is 11.0 Å². The summed E-state index contributed by atoms with van der Waals surface area (Å²) in [6, 6.07) is 20.0. The Bertz CT molecular complexity index is 1430. The summed E-state index contributed by atoms with van der Waals surface area (Å²) < 4.78 is 0. The van der Waals surface area contributed by atoms with E-state index in [1.807, 2.05) is 0 Å². The minimum atomic E-state index is 1.00. The Hall–Kier alpha value is -3.04. The van der Waals surface area contributed by atoms with Crippen LogP contribution in [0.15, 0.2) is 67.0 Å². The van der Waals surface area contributed by atoms with Crippen LogP contribution in [0.25, 0.3) is 53.8 Å². The Morgan fingerprint density at radius 2 is 1.35 bits per heavy atom. The fourth-order valence-corrected chi connectivity index (χ4v) is 5.21. The van der Waals surface area contributed by atoms with Crippen molar-refractivity contribution < 1.29 is 0 Å². The highest BCUT2D eigenvalue weighted by Gasteiger charge is 2.17. The molecule has 0 radical (unpaired) electrons. The molecule has 2 nitrogen and oxygen atoms in total. The van der Waals surface area contributed by atoms with Crippen LogP contribution < -0.4 is 0 Å². The lowest BCUT2D eigenvalue weighted by molar-refractivity contribution is 1.30. The fourth-order valence-electron chi connectivity index (χ4n) is 4.13. The molecule has 3 heteroatoms. The maximum Gasteiger partial charge on any atom is 0.108 e. The minimum Gasteiger partial charge on any atom is -0.252 e. The molecule has 2 aromatic heterocycles. The second-order valence-corrected chi connectivity index (χ2v) is 7.93. The molecule has 2 heterocycles. The van der Waals surface area contributed by atoms with Crippen molar-refractivity contribution in [2.45, 2.75) is 6.92 Å². The number of aryl methyl sites for hydroxylation is 1. The van der Waals surface area contributed by atoms with Gasteiger partial charge in [-0.2, -0.15) is 0 Å². The van der Waals surface area contributed by atoms with Gasteiger partial charge in [-0.3, -0.25) is 9.97 Å². The van der Waals surface area contributed by atoms with Crippen molar-refractivity contribution in [3.63, 3.8) is 0 Å². The molecule has 0 atom stereocenters. The Labute approximate surface area is 154 Å². The molecule has 0 amide bonds. The number of hydrogen-bond acceptors (Lipinski definition) is 3. The first kappa shape index (κ1) is 14.2. The molecule has 0 aliphatic rings. The van der Waals surface area contributed by atoms with Gasteiger partial charge in [0, 0.05) is 22.8 Å². The first-order chi connectivity index (χ1) is 12.8. The van der Waals surface area contributed by atoms with Gasteiger partial charge in [0.25, 0.3) is 0 Å². The molecule has 0 unspecified atom stereocenters. The summed E-state index contributed by atoms with van der Waals surface area (Å²) in [4.78, 5) is 11.6. The molecule has 0 fully saturated rings. The predicted octanol–water partition coefficient (Wildman–Crippen LogP) is 6.56. The molecule has 0 aliphatic carbocycles. The predicted molar refractivity (Wildman–Crippen MR) is 111 cm³/mol. The molecule has 0 spiro atoms. The molecule has 0 bridgehead atoms. The molecule has 0 saturated carbocycles. The molecule has 26 heavy (non-hydrogen) atoms. The zero-order chi connectivity index (χ0) is 17.3. The van der Waals surface area contributed by atoms with E-state index in [2.05, 4.69) is 71.5 Å². The molecule has 6 rings (SSSR count). The standard InChI is InChI=1S/C23H14N2S/c1-13-21-22(25-12-11-24-21)23(26-13)18-10-8-16-6-5-14-3-2-4-15-7-9-17(18)20(16)19(14)15/h2-12H,1H3. The van der Waals surface area contributed by atoms with Crippen molar-refractivity contribution in [2.24, 2.45) is 0 Å². The number of nitrogens with zero attached hydrogens (tertiary/aromatic N) is 2. The lowest BCUT2D eigenvalue weighted by Gasteiger charge is -2.13. The van der Waals surface area contributed by atoms with Crippen molar-refractivity contribution >= 4 is 54.7 Å². The molecule has 0 saturated heterocycles. The summed E-state index contributed by atoms with van der Waals surface area (Å²) in [6.07, 6.45) is 3.56. The zero-order valence-electron chi connectivity index (χ0n) is 14.2. The molecule has 0 N–H and O–H groups in total. The average molecular weight is 350 g/mol. The van der Waals surface area contributed by atoms with E-state index in [1.54, 1.807) is 23.7 Å². The number of fused-ring (bicyclic) bond motifs is 1. The third-order valence-electron chi connectivity index (χ3n) is 5.28. The monoisotopic (exact) mass is 350 g/mol. The van der Waals surface area contributed by atoms with Crippen LogP contribution in [0.5, 0.6) is 0 Å². The quantitative estimate of drug-likeness (QED) is 0.314. The van der Waals surface area contributed by atoms with Gasteiger partial charge in [-0.1, -0.05) is 54.6 Å². The second-order valence-electron chi connectivity index (χ2n) is 6.71. The minimum absolute atomic E-state index is 1.00. The van der Waals surface area contributed by atoms with Gasteiger partial charge in [-0.05, 0) is 39.2 Å². The van der Waals surface area contributed by atoms with Crippen LogP contribution in [-0.4, -0.2) is 9.97 Å². The summed E-state index contributed by atoms with van der Waals surface area (Å²) in [5.74, 6) is 0. The molecule has 122 valence electrons. The van der Waals surface area contributed by atoms with Gasteiger partial charge < -0.3 is 0 Å². The van der Waals surface area contributed by atoms with E-state index in [-0.39, 0.29) is 0 Å². The van der Waals surface area contributed by atoms with Crippen LogP contribution in [0.3, 0.4) is 0 Å². The molecule has 4 aromatic carbocycles. The van der Waals surface area contributed by atoms with E-state index in [4.69, 9.17) is 0 Å². The first-order valence-electron chi connectivity index (χ1n) is 8.68. The van der Waals surface area contributed by atoms with Gasteiger partial charge in [0.1, 0.15) is 11.0 Å². The van der Waals surface area contributed by atoms with Crippen molar-refractivity contribution in [3.8, 4) is 10.4 Å². The lowest BCUT2D eigenvalue weighted by Crippen LogP contribution is -1.87. The van der Waals surface area contributed by atoms with Crippen molar-refractivity contribution in [1.29, 1.82) is 0 Å². The highest BCUT2D eigenvalue weighted by atomic mass is 32.1. The highest BCUT2D eigenvalue weighted by Crippen LogP contribution is 2.43. The summed E-state index contributed by atoms with van der Waals surface area (Å²) in [6.45, 7) is 2.13. The first-order valence-corrected chi connectivity index (χ1v) is 9.50. The van der Waals surface area contributed by atoms with Crippen molar-refractivity contribution in [3.05, 3.63) is 71.9 Å². The Morgan fingerprint density at radius 1 is 0.692 bits per heavy atom. The van der Waals surface area contributed by atoms with E-state index >= 15 is 0 Å². The molecular weight excluding hydrogens is 336 g/mol. The van der Waals surface area contributed by atoms with Gasteiger partial charge >= 0.3 is 0 Å². The van der Waals surface area contributed by atoms with E-state index in [9.17, 15) is 0 Å². The van der Waals surface area contributed by atoms with Gasteiger partial charge in [-0.25, -0.2) is 0 Å². The summed E-state index contributed by atoms with van der Waals surface area (Å²) in [5, 5.41) is 7.88. The van der Waals surface area contributed by atoms with Crippen LogP contribution in [0.2, 0.25) is 0 Å². The normalized spacial score (nSPS) is 12.0. The summed E-state index contributed by atoms with van der Waals surface area (Å²) >= 11 is 1.79. The Morgan fingerprint density at radius 3 is 2.15 bits per heavy atom. The molecule has 6 aromatic rings. The van der Waals surface area contributed by atoms with Crippen LogP contribution >= 0.6 is 11.3 Å². The highest BCUT2D eigenvalue weighted by molar-refractivity contribution is 7.17. The topological polar surface area (TPSA) is 25.8 Å². The van der Waals surface area contributed by atoms with Gasteiger partial charge in [0.05, 0.1) is 4.88 Å². The van der Waals surface area contributed by atoms with Crippen molar-refractivity contribution in [1.82, 2.24) is 9.97 Å². The number of rotatable bonds is 1. The van der Waals surface area contributed by atoms with Crippen LogP contribution in [0.1, 0.15) is 4.88 Å². The Balaban J connectivity index is 1.82. The maximum absolute atomic E-state index is 4.64.